The SMILES string of the molecule is CCNC(=NCCS(=O)(=O)N1CCSCC1)NC1CCN(c2ccccn2)CC1.I. The second kappa shape index (κ2) is 12.9. The number of nitrogens with one attached hydrogen (secondary N) is 2. The van der Waals surface area contributed by atoms with Crippen molar-refractivity contribution in [2.45, 2.75) is 25.8 Å². The molecule has 0 amide bonds. The molecule has 170 valence electrons. The normalized spacial score (nSPS) is 19.2. The first-order chi connectivity index (χ1) is 14.1. The van der Waals surface area contributed by atoms with Crippen LogP contribution >= 0.6 is 35.7 Å². The molecular formula is C19H33IN6O2S2. The summed E-state index contributed by atoms with van der Waals surface area (Å²) in [7, 11) is -3.22. The van der Waals surface area contributed by atoms with Gasteiger partial charge in [-0.15, -0.1) is 24.0 Å². The van der Waals surface area contributed by atoms with Gasteiger partial charge in [-0.2, -0.15) is 11.8 Å². The molecule has 2 aliphatic rings. The minimum absolute atomic E-state index is 0. The largest absolute Gasteiger partial charge is 0.357 e. The number of rotatable bonds is 7. The Kier molecular flexibility index (Phi) is 11.0. The van der Waals surface area contributed by atoms with Gasteiger partial charge in [0.25, 0.3) is 0 Å². The smallest absolute Gasteiger partial charge is 0.215 e. The molecule has 0 aliphatic carbocycles. The summed E-state index contributed by atoms with van der Waals surface area (Å²) < 4.78 is 26.6. The van der Waals surface area contributed by atoms with E-state index < -0.39 is 10.0 Å². The van der Waals surface area contributed by atoms with Crippen LogP contribution in [0.25, 0.3) is 0 Å². The number of nitrogens with zero attached hydrogens (tertiary/aromatic N) is 4. The van der Waals surface area contributed by atoms with E-state index in [1.165, 1.54) is 0 Å². The number of hydrogen-bond acceptors (Lipinski definition) is 6. The van der Waals surface area contributed by atoms with Gasteiger partial charge in [-0.25, -0.2) is 17.7 Å². The van der Waals surface area contributed by atoms with Gasteiger partial charge in [0.1, 0.15) is 5.82 Å². The van der Waals surface area contributed by atoms with E-state index in [0.717, 1.165) is 49.8 Å². The van der Waals surface area contributed by atoms with Crippen LogP contribution in [0.4, 0.5) is 5.82 Å². The predicted molar refractivity (Wildman–Crippen MR) is 137 cm³/mol. The Labute approximate surface area is 201 Å². The van der Waals surface area contributed by atoms with Gasteiger partial charge in [-0.3, -0.25) is 4.99 Å². The summed E-state index contributed by atoms with van der Waals surface area (Å²) in [6, 6.07) is 6.31. The Morgan fingerprint density at radius 1 is 1.23 bits per heavy atom. The molecule has 1 aromatic heterocycles. The van der Waals surface area contributed by atoms with Gasteiger partial charge in [0, 0.05) is 56.5 Å². The van der Waals surface area contributed by atoms with Gasteiger partial charge in [0.2, 0.25) is 10.0 Å². The van der Waals surface area contributed by atoms with Crippen LogP contribution in [-0.2, 0) is 10.0 Å². The molecular weight excluding hydrogens is 535 g/mol. The number of hydrogen-bond donors (Lipinski definition) is 2. The summed E-state index contributed by atoms with van der Waals surface area (Å²) >= 11 is 1.81. The van der Waals surface area contributed by atoms with Gasteiger partial charge < -0.3 is 15.5 Å². The monoisotopic (exact) mass is 568 g/mol. The maximum atomic E-state index is 12.5. The van der Waals surface area contributed by atoms with Crippen LogP contribution in [0.3, 0.4) is 0 Å². The zero-order valence-corrected chi connectivity index (χ0v) is 21.5. The van der Waals surface area contributed by atoms with Crippen LogP contribution in [0.1, 0.15) is 19.8 Å². The number of aromatic nitrogens is 1. The lowest BCUT2D eigenvalue weighted by Gasteiger charge is -2.33. The average Bonchev–Trinajstić information content (AvgIpc) is 2.75. The third kappa shape index (κ3) is 7.72. The third-order valence-corrected chi connectivity index (χ3v) is 7.93. The number of guanidine groups is 1. The summed E-state index contributed by atoms with van der Waals surface area (Å²) in [4.78, 5) is 11.2. The molecule has 0 saturated carbocycles. The van der Waals surface area contributed by atoms with Crippen LogP contribution in [0.2, 0.25) is 0 Å². The Morgan fingerprint density at radius 2 is 1.97 bits per heavy atom. The van der Waals surface area contributed by atoms with Crippen molar-refractivity contribution in [1.29, 1.82) is 0 Å². The van der Waals surface area contributed by atoms with Crippen molar-refractivity contribution >= 4 is 57.5 Å². The van der Waals surface area contributed by atoms with Crippen molar-refractivity contribution in [3.8, 4) is 0 Å². The number of anilines is 1. The summed E-state index contributed by atoms with van der Waals surface area (Å²) in [5.74, 6) is 3.54. The molecule has 2 fully saturated rings. The molecule has 0 unspecified atom stereocenters. The standard InChI is InChI=1S/C19H32N6O2S2.HI/c1-2-20-19(22-9-16-29(26,27)25-12-14-28-15-13-25)23-17-6-10-24(11-7-17)18-5-3-4-8-21-18;/h3-5,8,17H,2,6-7,9-16H2,1H3,(H2,20,22,23);1H. The van der Waals surface area contributed by atoms with Crippen LogP contribution < -0.4 is 15.5 Å². The highest BCUT2D eigenvalue weighted by molar-refractivity contribution is 14.0. The quantitative estimate of drug-likeness (QED) is 0.294. The average molecular weight is 569 g/mol. The fourth-order valence-corrected chi connectivity index (χ4v) is 5.99. The molecule has 11 heteroatoms. The summed E-state index contributed by atoms with van der Waals surface area (Å²) in [6.45, 7) is 6.14. The molecule has 0 spiro atoms. The predicted octanol–water partition coefficient (Wildman–Crippen LogP) is 1.60. The number of piperidine rings is 1. The van der Waals surface area contributed by atoms with E-state index in [1.807, 2.05) is 43.1 Å². The lowest BCUT2D eigenvalue weighted by atomic mass is 10.1. The molecule has 8 nitrogen and oxygen atoms in total. The fourth-order valence-electron chi connectivity index (χ4n) is 3.53. The molecule has 0 bridgehead atoms. The van der Waals surface area contributed by atoms with Crippen LogP contribution in [0.5, 0.6) is 0 Å². The Bertz CT molecular complexity index is 752. The van der Waals surface area contributed by atoms with Gasteiger partial charge >= 0.3 is 0 Å². The minimum Gasteiger partial charge on any atom is -0.357 e. The van der Waals surface area contributed by atoms with E-state index in [4.69, 9.17) is 0 Å². The molecule has 3 rings (SSSR count). The summed E-state index contributed by atoms with van der Waals surface area (Å²) in [5, 5.41) is 6.71. The van der Waals surface area contributed by atoms with Crippen molar-refractivity contribution in [3.05, 3.63) is 24.4 Å². The Balaban J connectivity index is 0.00000320. The number of aliphatic imine (C=N–C) groups is 1. The number of pyridine rings is 1. The molecule has 0 atom stereocenters. The molecule has 2 saturated heterocycles. The Morgan fingerprint density at radius 3 is 2.60 bits per heavy atom. The van der Waals surface area contributed by atoms with Crippen molar-refractivity contribution in [3.63, 3.8) is 0 Å². The van der Waals surface area contributed by atoms with E-state index in [2.05, 4.69) is 25.5 Å². The summed E-state index contributed by atoms with van der Waals surface area (Å²) in [5.41, 5.74) is 0. The molecule has 2 aliphatic heterocycles. The maximum absolute atomic E-state index is 12.5. The highest BCUT2D eigenvalue weighted by Crippen LogP contribution is 2.17. The van der Waals surface area contributed by atoms with Gasteiger partial charge in [0.05, 0.1) is 12.3 Å². The number of sulfonamides is 1. The topological polar surface area (TPSA) is 89.9 Å². The van der Waals surface area contributed by atoms with Crippen molar-refractivity contribution in [1.82, 2.24) is 19.9 Å². The van der Waals surface area contributed by atoms with Crippen molar-refractivity contribution in [2.24, 2.45) is 4.99 Å². The van der Waals surface area contributed by atoms with E-state index in [9.17, 15) is 8.42 Å². The maximum Gasteiger partial charge on any atom is 0.215 e. The fraction of sp³-hybridized carbons (Fsp3) is 0.684. The molecule has 1 aromatic rings. The van der Waals surface area contributed by atoms with E-state index in [0.29, 0.717) is 25.1 Å². The van der Waals surface area contributed by atoms with E-state index in [-0.39, 0.29) is 36.3 Å². The second-order valence-electron chi connectivity index (χ2n) is 7.18. The number of halogens is 1. The number of thioether (sulfide) groups is 1. The summed E-state index contributed by atoms with van der Waals surface area (Å²) in [6.07, 6.45) is 3.81. The van der Waals surface area contributed by atoms with E-state index >= 15 is 0 Å². The molecule has 3 heterocycles. The van der Waals surface area contributed by atoms with Crippen molar-refractivity contribution in [2.75, 3.05) is 61.4 Å². The molecule has 0 aromatic carbocycles. The van der Waals surface area contributed by atoms with Crippen LogP contribution in [0.15, 0.2) is 29.4 Å². The first-order valence-corrected chi connectivity index (χ1v) is 13.1. The lowest BCUT2D eigenvalue weighted by Crippen LogP contribution is -2.49. The van der Waals surface area contributed by atoms with Gasteiger partial charge in [-0.1, -0.05) is 6.07 Å². The molecule has 30 heavy (non-hydrogen) atoms. The van der Waals surface area contributed by atoms with Gasteiger partial charge in [-0.05, 0) is 31.9 Å². The third-order valence-electron chi connectivity index (χ3n) is 5.14. The first kappa shape index (κ1) is 25.5. The van der Waals surface area contributed by atoms with Crippen LogP contribution in [0, 0.1) is 0 Å². The molecule has 2 N–H and O–H groups in total. The van der Waals surface area contributed by atoms with Gasteiger partial charge in [0.15, 0.2) is 5.96 Å². The molecule has 0 radical (unpaired) electrons. The van der Waals surface area contributed by atoms with Crippen molar-refractivity contribution < 1.29 is 8.42 Å². The minimum atomic E-state index is -3.22. The highest BCUT2D eigenvalue weighted by atomic mass is 127. The first-order valence-electron chi connectivity index (χ1n) is 10.3. The van der Waals surface area contributed by atoms with E-state index in [1.54, 1.807) is 4.31 Å². The zero-order valence-electron chi connectivity index (χ0n) is 17.5. The zero-order chi connectivity index (χ0) is 20.5. The lowest BCUT2D eigenvalue weighted by molar-refractivity contribution is 0.443. The van der Waals surface area contributed by atoms with Crippen LogP contribution in [-0.4, -0.2) is 86.2 Å². The Hall–Kier alpha value is -0.790. The highest BCUT2D eigenvalue weighted by Gasteiger charge is 2.24. The second-order valence-corrected chi connectivity index (χ2v) is 10.5.